The number of carbonyl (C=O) groups is 1. The molecule has 0 spiro atoms. The van der Waals surface area contributed by atoms with Crippen LogP contribution in [-0.2, 0) is 4.79 Å². The molecule has 1 heterocycles. The van der Waals surface area contributed by atoms with Crippen molar-refractivity contribution < 1.29 is 13.9 Å². The molecule has 5 nitrogen and oxygen atoms in total. The molecule has 1 aromatic carbocycles. The molecule has 0 aliphatic heterocycles. The van der Waals surface area contributed by atoms with Gasteiger partial charge in [0, 0.05) is 0 Å². The van der Waals surface area contributed by atoms with Crippen LogP contribution in [0.5, 0.6) is 5.75 Å². The van der Waals surface area contributed by atoms with Crippen LogP contribution < -0.4 is 10.2 Å². The van der Waals surface area contributed by atoms with Crippen molar-refractivity contribution in [2.24, 2.45) is 5.10 Å². The van der Waals surface area contributed by atoms with Gasteiger partial charge in [-0.25, -0.2) is 5.43 Å². The van der Waals surface area contributed by atoms with Crippen molar-refractivity contribution in [1.29, 1.82) is 0 Å². The lowest BCUT2D eigenvalue weighted by Crippen LogP contribution is -2.25. The molecule has 104 valence electrons. The number of nitrogens with one attached hydrogen (secondary N) is 1. The summed E-state index contributed by atoms with van der Waals surface area (Å²) in [5.74, 6) is 1.75. The predicted octanol–water partition coefficient (Wildman–Crippen LogP) is 2.51. The number of aryl methyl sites for hydroxylation is 1. The van der Waals surface area contributed by atoms with Gasteiger partial charge in [-0.2, -0.15) is 5.10 Å². The van der Waals surface area contributed by atoms with Gasteiger partial charge in [0.25, 0.3) is 5.91 Å². The van der Waals surface area contributed by atoms with Crippen molar-refractivity contribution >= 4 is 11.6 Å². The van der Waals surface area contributed by atoms with Crippen LogP contribution in [0.2, 0.25) is 0 Å². The maximum atomic E-state index is 11.6. The lowest BCUT2D eigenvalue weighted by molar-refractivity contribution is -0.123. The second-order valence-corrected chi connectivity index (χ2v) is 4.24. The van der Waals surface area contributed by atoms with Gasteiger partial charge in [0.1, 0.15) is 23.0 Å². The molecule has 0 atom stereocenters. The molecule has 5 heteroatoms. The van der Waals surface area contributed by atoms with Crippen LogP contribution in [0, 0.1) is 6.92 Å². The van der Waals surface area contributed by atoms with Crippen LogP contribution in [0.4, 0.5) is 0 Å². The van der Waals surface area contributed by atoms with E-state index in [2.05, 4.69) is 10.5 Å². The molecule has 0 bridgehead atoms. The Bertz CT molecular complexity index is 603. The molecule has 0 saturated heterocycles. The number of hydrazone groups is 1. The Morgan fingerprint density at radius 2 is 2.00 bits per heavy atom. The Morgan fingerprint density at radius 3 is 2.65 bits per heavy atom. The van der Waals surface area contributed by atoms with E-state index in [4.69, 9.17) is 9.15 Å². The SMILES string of the molecule is CC(=NNC(=O)COc1ccccc1)c1ccc(C)o1. The van der Waals surface area contributed by atoms with Crippen molar-refractivity contribution in [2.75, 3.05) is 6.61 Å². The summed E-state index contributed by atoms with van der Waals surface area (Å²) in [5, 5.41) is 3.96. The van der Waals surface area contributed by atoms with Gasteiger partial charge >= 0.3 is 0 Å². The van der Waals surface area contributed by atoms with E-state index < -0.39 is 0 Å². The van der Waals surface area contributed by atoms with Gasteiger partial charge in [-0.15, -0.1) is 0 Å². The Morgan fingerprint density at radius 1 is 1.25 bits per heavy atom. The highest BCUT2D eigenvalue weighted by molar-refractivity contribution is 5.96. The fourth-order valence-corrected chi connectivity index (χ4v) is 1.53. The molecule has 2 rings (SSSR count). The molecule has 1 aromatic heterocycles. The highest BCUT2D eigenvalue weighted by Crippen LogP contribution is 2.08. The number of rotatable bonds is 5. The minimum atomic E-state index is -0.323. The molecule has 0 aliphatic carbocycles. The third-order valence-electron chi connectivity index (χ3n) is 2.56. The summed E-state index contributed by atoms with van der Waals surface area (Å²) in [6.07, 6.45) is 0. The van der Waals surface area contributed by atoms with E-state index in [1.54, 1.807) is 25.1 Å². The molecule has 1 amide bonds. The summed E-state index contributed by atoms with van der Waals surface area (Å²) in [6.45, 7) is 3.53. The van der Waals surface area contributed by atoms with Gasteiger partial charge in [0.05, 0.1) is 0 Å². The fraction of sp³-hybridized carbons (Fsp3) is 0.200. The molecule has 0 radical (unpaired) electrons. The largest absolute Gasteiger partial charge is 0.484 e. The Labute approximate surface area is 117 Å². The first kappa shape index (κ1) is 13.9. The molecular weight excluding hydrogens is 256 g/mol. The fourth-order valence-electron chi connectivity index (χ4n) is 1.53. The number of nitrogens with zero attached hydrogens (tertiary/aromatic N) is 1. The average Bonchev–Trinajstić information content (AvgIpc) is 2.90. The standard InChI is InChI=1S/C15H16N2O3/c1-11-8-9-14(20-11)12(2)16-17-15(18)10-19-13-6-4-3-5-7-13/h3-9H,10H2,1-2H3,(H,17,18). The summed E-state index contributed by atoms with van der Waals surface area (Å²) < 4.78 is 10.7. The lowest BCUT2D eigenvalue weighted by atomic mass is 10.3. The molecule has 20 heavy (non-hydrogen) atoms. The van der Waals surface area contributed by atoms with Crippen molar-refractivity contribution in [2.45, 2.75) is 13.8 Å². The minimum Gasteiger partial charge on any atom is -0.484 e. The van der Waals surface area contributed by atoms with Crippen molar-refractivity contribution in [3.8, 4) is 5.75 Å². The van der Waals surface area contributed by atoms with Crippen LogP contribution in [-0.4, -0.2) is 18.2 Å². The molecular formula is C15H16N2O3. The highest BCUT2D eigenvalue weighted by Gasteiger charge is 2.05. The zero-order valence-corrected chi connectivity index (χ0v) is 11.4. The van der Waals surface area contributed by atoms with Gasteiger partial charge in [0.15, 0.2) is 6.61 Å². The second kappa shape index (κ2) is 6.56. The summed E-state index contributed by atoms with van der Waals surface area (Å²) >= 11 is 0. The number of benzene rings is 1. The Hall–Kier alpha value is -2.56. The number of para-hydroxylation sites is 1. The summed E-state index contributed by atoms with van der Waals surface area (Å²) in [7, 11) is 0. The average molecular weight is 272 g/mol. The first-order valence-electron chi connectivity index (χ1n) is 6.23. The molecule has 0 fully saturated rings. The monoisotopic (exact) mass is 272 g/mol. The van der Waals surface area contributed by atoms with Crippen LogP contribution in [0.1, 0.15) is 18.4 Å². The van der Waals surface area contributed by atoms with E-state index in [9.17, 15) is 4.79 Å². The third-order valence-corrected chi connectivity index (χ3v) is 2.56. The smallest absolute Gasteiger partial charge is 0.277 e. The summed E-state index contributed by atoms with van der Waals surface area (Å²) in [6, 6.07) is 12.8. The first-order chi connectivity index (χ1) is 9.65. The van der Waals surface area contributed by atoms with Crippen molar-refractivity contribution in [3.63, 3.8) is 0 Å². The highest BCUT2D eigenvalue weighted by atomic mass is 16.5. The maximum absolute atomic E-state index is 11.6. The van der Waals surface area contributed by atoms with E-state index in [0.717, 1.165) is 5.76 Å². The second-order valence-electron chi connectivity index (χ2n) is 4.24. The van der Waals surface area contributed by atoms with Crippen LogP contribution in [0.3, 0.4) is 0 Å². The van der Waals surface area contributed by atoms with E-state index in [-0.39, 0.29) is 12.5 Å². The van der Waals surface area contributed by atoms with Crippen molar-refractivity contribution in [3.05, 3.63) is 54.0 Å². The minimum absolute atomic E-state index is 0.0853. The van der Waals surface area contributed by atoms with Gasteiger partial charge in [-0.05, 0) is 38.1 Å². The first-order valence-corrected chi connectivity index (χ1v) is 6.23. The van der Waals surface area contributed by atoms with Crippen molar-refractivity contribution in [1.82, 2.24) is 5.43 Å². The van der Waals surface area contributed by atoms with Crippen LogP contribution in [0.25, 0.3) is 0 Å². The molecule has 0 saturated carbocycles. The van der Waals surface area contributed by atoms with Crippen LogP contribution in [0.15, 0.2) is 52.0 Å². The normalized spacial score (nSPS) is 11.2. The molecule has 1 N–H and O–H groups in total. The quantitative estimate of drug-likeness (QED) is 0.672. The topological polar surface area (TPSA) is 63.8 Å². The molecule has 2 aromatic rings. The zero-order valence-electron chi connectivity index (χ0n) is 11.4. The van der Waals surface area contributed by atoms with Gasteiger partial charge < -0.3 is 9.15 Å². The number of hydrogen-bond acceptors (Lipinski definition) is 4. The Balaban J connectivity index is 1.83. The van der Waals surface area contributed by atoms with Gasteiger partial charge in [-0.3, -0.25) is 4.79 Å². The number of furan rings is 1. The predicted molar refractivity (Wildman–Crippen MR) is 75.7 cm³/mol. The van der Waals surface area contributed by atoms with E-state index in [1.165, 1.54) is 0 Å². The summed E-state index contributed by atoms with van der Waals surface area (Å²) in [4.78, 5) is 11.6. The number of carbonyl (C=O) groups excluding carboxylic acids is 1. The van der Waals surface area contributed by atoms with Gasteiger partial charge in [-0.1, -0.05) is 18.2 Å². The number of ether oxygens (including phenoxy) is 1. The zero-order chi connectivity index (χ0) is 14.4. The van der Waals surface area contributed by atoms with E-state index in [0.29, 0.717) is 17.2 Å². The molecule has 0 unspecified atom stereocenters. The van der Waals surface area contributed by atoms with E-state index >= 15 is 0 Å². The maximum Gasteiger partial charge on any atom is 0.277 e. The number of amides is 1. The molecule has 0 aliphatic rings. The van der Waals surface area contributed by atoms with Crippen LogP contribution >= 0.6 is 0 Å². The summed E-state index contributed by atoms with van der Waals surface area (Å²) in [5.41, 5.74) is 3.03. The van der Waals surface area contributed by atoms with E-state index in [1.807, 2.05) is 31.2 Å². The lowest BCUT2D eigenvalue weighted by Gasteiger charge is -2.04. The van der Waals surface area contributed by atoms with Gasteiger partial charge in [0.2, 0.25) is 0 Å². The third kappa shape index (κ3) is 3.98. The Kier molecular flexibility index (Phi) is 4.55. The number of hydrogen-bond donors (Lipinski definition) is 1.